The molecule has 4 nitrogen and oxygen atoms in total. The Labute approximate surface area is 152 Å². The summed E-state index contributed by atoms with van der Waals surface area (Å²) in [6.45, 7) is 2.75. The standard InChI is InChI=1S/C20H24N2O2S/c1-2-22(17-10-4-3-5-11-17)20(24)15-8-6-9-16(14-15)21-19(23)18-12-7-13-25-18/h6-9,12-14,17H,2-5,10-11H2,1H3,(H,21,23). The van der Waals surface area contributed by atoms with E-state index >= 15 is 0 Å². The first kappa shape index (κ1) is 17.7. The van der Waals surface area contributed by atoms with Gasteiger partial charge >= 0.3 is 0 Å². The fourth-order valence-corrected chi connectivity index (χ4v) is 4.08. The summed E-state index contributed by atoms with van der Waals surface area (Å²) in [7, 11) is 0. The highest BCUT2D eigenvalue weighted by Gasteiger charge is 2.25. The molecule has 1 aromatic heterocycles. The Morgan fingerprint density at radius 3 is 2.64 bits per heavy atom. The van der Waals surface area contributed by atoms with Gasteiger partial charge in [-0.3, -0.25) is 9.59 Å². The summed E-state index contributed by atoms with van der Waals surface area (Å²) in [4.78, 5) is 27.8. The van der Waals surface area contributed by atoms with E-state index in [1.165, 1.54) is 30.6 Å². The van der Waals surface area contributed by atoms with Gasteiger partial charge in [-0.15, -0.1) is 11.3 Å². The van der Waals surface area contributed by atoms with Crippen molar-refractivity contribution in [2.24, 2.45) is 0 Å². The lowest BCUT2D eigenvalue weighted by atomic mass is 9.93. The summed E-state index contributed by atoms with van der Waals surface area (Å²) in [6, 6.07) is 11.2. The molecule has 0 saturated heterocycles. The van der Waals surface area contributed by atoms with Crippen LogP contribution < -0.4 is 5.32 Å². The quantitative estimate of drug-likeness (QED) is 0.837. The van der Waals surface area contributed by atoms with E-state index in [-0.39, 0.29) is 11.8 Å². The van der Waals surface area contributed by atoms with Gasteiger partial charge in [0.2, 0.25) is 0 Å². The van der Waals surface area contributed by atoms with Gasteiger partial charge in [0.15, 0.2) is 0 Å². The van der Waals surface area contributed by atoms with Gasteiger partial charge in [0, 0.05) is 23.8 Å². The van der Waals surface area contributed by atoms with E-state index in [4.69, 9.17) is 0 Å². The fraction of sp³-hybridized carbons (Fsp3) is 0.400. The van der Waals surface area contributed by atoms with E-state index in [0.29, 0.717) is 22.2 Å². The second-order valence-electron chi connectivity index (χ2n) is 6.40. The highest BCUT2D eigenvalue weighted by Crippen LogP contribution is 2.24. The van der Waals surface area contributed by atoms with Gasteiger partial charge in [-0.25, -0.2) is 0 Å². The molecule has 1 saturated carbocycles. The van der Waals surface area contributed by atoms with Gasteiger partial charge in [-0.2, -0.15) is 0 Å². The van der Waals surface area contributed by atoms with Gasteiger partial charge in [0.25, 0.3) is 11.8 Å². The zero-order valence-electron chi connectivity index (χ0n) is 14.5. The van der Waals surface area contributed by atoms with Crippen LogP contribution in [-0.2, 0) is 0 Å². The third-order valence-electron chi connectivity index (χ3n) is 4.73. The lowest BCUT2D eigenvalue weighted by molar-refractivity contribution is 0.0647. The van der Waals surface area contributed by atoms with Crippen LogP contribution in [0.25, 0.3) is 0 Å². The molecule has 0 atom stereocenters. The van der Waals surface area contributed by atoms with Crippen LogP contribution in [0.15, 0.2) is 41.8 Å². The molecule has 1 fully saturated rings. The second-order valence-corrected chi connectivity index (χ2v) is 7.34. The first-order valence-electron chi connectivity index (χ1n) is 8.95. The Morgan fingerprint density at radius 1 is 1.16 bits per heavy atom. The number of carbonyl (C=O) groups is 2. The predicted molar refractivity (Wildman–Crippen MR) is 102 cm³/mol. The van der Waals surface area contributed by atoms with Crippen molar-refractivity contribution in [3.05, 3.63) is 52.2 Å². The number of amides is 2. The highest BCUT2D eigenvalue weighted by molar-refractivity contribution is 7.12. The molecule has 2 aromatic rings. The summed E-state index contributed by atoms with van der Waals surface area (Å²) in [5.74, 6) is -0.0825. The average molecular weight is 356 g/mol. The predicted octanol–water partition coefficient (Wildman–Crippen LogP) is 4.80. The Bertz CT molecular complexity index is 721. The molecule has 0 unspecified atom stereocenters. The van der Waals surface area contributed by atoms with Crippen molar-refractivity contribution >= 4 is 28.8 Å². The summed E-state index contributed by atoms with van der Waals surface area (Å²) >= 11 is 1.40. The van der Waals surface area contributed by atoms with E-state index < -0.39 is 0 Å². The smallest absolute Gasteiger partial charge is 0.265 e. The summed E-state index contributed by atoms with van der Waals surface area (Å²) in [5, 5.41) is 4.75. The van der Waals surface area contributed by atoms with Crippen LogP contribution in [0.2, 0.25) is 0 Å². The van der Waals surface area contributed by atoms with Crippen LogP contribution in [0.3, 0.4) is 0 Å². The van der Waals surface area contributed by atoms with E-state index in [1.807, 2.05) is 41.5 Å². The zero-order valence-corrected chi connectivity index (χ0v) is 15.3. The number of nitrogens with zero attached hydrogens (tertiary/aromatic N) is 1. The topological polar surface area (TPSA) is 49.4 Å². The molecule has 0 radical (unpaired) electrons. The Morgan fingerprint density at radius 2 is 1.96 bits per heavy atom. The second kappa shape index (κ2) is 8.30. The molecule has 1 heterocycles. The van der Waals surface area contributed by atoms with Gasteiger partial charge in [-0.1, -0.05) is 31.4 Å². The average Bonchev–Trinajstić information content (AvgIpc) is 3.18. The molecule has 1 aromatic carbocycles. The lowest BCUT2D eigenvalue weighted by Gasteiger charge is -2.33. The molecule has 1 aliphatic carbocycles. The molecule has 1 N–H and O–H groups in total. The van der Waals surface area contributed by atoms with E-state index in [0.717, 1.165) is 19.4 Å². The first-order valence-corrected chi connectivity index (χ1v) is 9.83. The Kier molecular flexibility index (Phi) is 5.87. The molecular weight excluding hydrogens is 332 g/mol. The summed E-state index contributed by atoms with van der Waals surface area (Å²) in [5.41, 5.74) is 1.29. The van der Waals surface area contributed by atoms with Gasteiger partial charge in [0.05, 0.1) is 4.88 Å². The number of nitrogens with one attached hydrogen (secondary N) is 1. The zero-order chi connectivity index (χ0) is 17.6. The van der Waals surface area contributed by atoms with Crippen molar-refractivity contribution in [1.82, 2.24) is 4.90 Å². The number of benzene rings is 1. The molecular formula is C20H24N2O2S. The number of hydrogen-bond donors (Lipinski definition) is 1. The number of rotatable bonds is 5. The van der Waals surface area contributed by atoms with Crippen LogP contribution in [-0.4, -0.2) is 29.3 Å². The van der Waals surface area contributed by atoms with Gasteiger partial charge in [0.1, 0.15) is 0 Å². The molecule has 0 spiro atoms. The van der Waals surface area contributed by atoms with E-state index in [1.54, 1.807) is 12.1 Å². The number of hydrogen-bond acceptors (Lipinski definition) is 3. The molecule has 3 rings (SSSR count). The van der Waals surface area contributed by atoms with Gasteiger partial charge < -0.3 is 10.2 Å². The van der Waals surface area contributed by atoms with E-state index in [2.05, 4.69) is 5.32 Å². The van der Waals surface area contributed by atoms with Crippen molar-refractivity contribution in [3.63, 3.8) is 0 Å². The number of anilines is 1. The number of thiophene rings is 1. The van der Waals surface area contributed by atoms with Crippen LogP contribution in [0.4, 0.5) is 5.69 Å². The van der Waals surface area contributed by atoms with Crippen molar-refractivity contribution in [3.8, 4) is 0 Å². The Hall–Kier alpha value is -2.14. The van der Waals surface area contributed by atoms with Crippen molar-refractivity contribution < 1.29 is 9.59 Å². The molecule has 1 aliphatic rings. The number of carbonyl (C=O) groups excluding carboxylic acids is 2. The maximum Gasteiger partial charge on any atom is 0.265 e. The first-order chi connectivity index (χ1) is 12.2. The van der Waals surface area contributed by atoms with Crippen LogP contribution >= 0.6 is 11.3 Å². The fourth-order valence-electron chi connectivity index (χ4n) is 3.46. The monoisotopic (exact) mass is 356 g/mol. The molecule has 2 amide bonds. The minimum Gasteiger partial charge on any atom is -0.336 e. The third-order valence-corrected chi connectivity index (χ3v) is 5.60. The Balaban J connectivity index is 1.73. The van der Waals surface area contributed by atoms with Crippen molar-refractivity contribution in [1.29, 1.82) is 0 Å². The summed E-state index contributed by atoms with van der Waals surface area (Å²) < 4.78 is 0. The van der Waals surface area contributed by atoms with Crippen molar-refractivity contribution in [2.45, 2.75) is 45.1 Å². The lowest BCUT2D eigenvalue weighted by Crippen LogP contribution is -2.41. The molecule has 132 valence electrons. The van der Waals surface area contributed by atoms with Crippen molar-refractivity contribution in [2.75, 3.05) is 11.9 Å². The molecule has 5 heteroatoms. The maximum absolute atomic E-state index is 13.0. The van der Waals surface area contributed by atoms with Gasteiger partial charge in [-0.05, 0) is 49.4 Å². The van der Waals surface area contributed by atoms with Crippen LogP contribution in [0, 0.1) is 0 Å². The SMILES string of the molecule is CCN(C(=O)c1cccc(NC(=O)c2cccs2)c1)C1CCCCC1. The maximum atomic E-state index is 13.0. The van der Waals surface area contributed by atoms with E-state index in [9.17, 15) is 9.59 Å². The van der Waals surface area contributed by atoms with Crippen LogP contribution in [0.5, 0.6) is 0 Å². The summed E-state index contributed by atoms with van der Waals surface area (Å²) in [6.07, 6.45) is 5.85. The normalized spacial score (nSPS) is 14.9. The highest BCUT2D eigenvalue weighted by atomic mass is 32.1. The molecule has 0 aliphatic heterocycles. The molecule has 0 bridgehead atoms. The largest absolute Gasteiger partial charge is 0.336 e. The minimum absolute atomic E-state index is 0.0571. The molecule has 25 heavy (non-hydrogen) atoms. The third kappa shape index (κ3) is 4.28. The van der Waals surface area contributed by atoms with Crippen LogP contribution in [0.1, 0.15) is 59.1 Å². The minimum atomic E-state index is -0.140.